The first-order chi connectivity index (χ1) is 12.4. The number of hydrogen-bond donors (Lipinski definition) is 1. The first-order valence-corrected chi connectivity index (χ1v) is 10.5. The van der Waals surface area contributed by atoms with Gasteiger partial charge in [-0.25, -0.2) is 4.98 Å². The summed E-state index contributed by atoms with van der Waals surface area (Å²) in [5.41, 5.74) is 1.77. The summed E-state index contributed by atoms with van der Waals surface area (Å²) < 4.78 is 1.41. The quantitative estimate of drug-likeness (QED) is 0.519. The van der Waals surface area contributed by atoms with E-state index in [1.165, 1.54) is 28.0 Å². The van der Waals surface area contributed by atoms with Crippen molar-refractivity contribution in [2.24, 2.45) is 0 Å². The van der Waals surface area contributed by atoms with Crippen molar-refractivity contribution in [3.63, 3.8) is 0 Å². The van der Waals surface area contributed by atoms with E-state index in [-0.39, 0.29) is 24.8 Å². The second kappa shape index (κ2) is 8.43. The largest absolute Gasteiger partial charge is 0.302 e. The molecule has 2 heterocycles. The summed E-state index contributed by atoms with van der Waals surface area (Å²) in [6.45, 7) is 2.11. The topological polar surface area (TPSA) is 62.3 Å². The molecule has 2 amide bonds. The van der Waals surface area contributed by atoms with Crippen LogP contribution in [0.1, 0.15) is 17.7 Å². The zero-order chi connectivity index (χ0) is 18.7. The van der Waals surface area contributed by atoms with Crippen LogP contribution in [0.5, 0.6) is 0 Å². The molecule has 2 aromatic rings. The fraction of sp³-hybridized carbons (Fsp3) is 0.176. The highest BCUT2D eigenvalue weighted by molar-refractivity contribution is 9.10. The lowest BCUT2D eigenvalue weighted by Gasteiger charge is -2.13. The van der Waals surface area contributed by atoms with Gasteiger partial charge in [-0.05, 0) is 30.7 Å². The lowest BCUT2D eigenvalue weighted by molar-refractivity contribution is -0.122. The van der Waals surface area contributed by atoms with Crippen molar-refractivity contribution in [1.82, 2.24) is 9.88 Å². The van der Waals surface area contributed by atoms with E-state index < -0.39 is 0 Å². The highest BCUT2D eigenvalue weighted by atomic mass is 79.9. The number of thiazole rings is 1. The van der Waals surface area contributed by atoms with E-state index in [0.717, 1.165) is 15.7 Å². The van der Waals surface area contributed by atoms with E-state index in [2.05, 4.69) is 26.2 Å². The van der Waals surface area contributed by atoms with Crippen molar-refractivity contribution in [1.29, 1.82) is 0 Å². The lowest BCUT2D eigenvalue weighted by Crippen LogP contribution is -2.31. The van der Waals surface area contributed by atoms with Crippen LogP contribution in [0.25, 0.3) is 6.08 Å². The normalized spacial score (nSPS) is 15.8. The Balaban J connectivity index is 1.61. The van der Waals surface area contributed by atoms with Gasteiger partial charge >= 0.3 is 0 Å². The van der Waals surface area contributed by atoms with Gasteiger partial charge in [0.05, 0.1) is 10.6 Å². The van der Waals surface area contributed by atoms with E-state index in [0.29, 0.717) is 14.4 Å². The number of aromatic nitrogens is 1. The molecular weight excluding hydrogens is 454 g/mol. The van der Waals surface area contributed by atoms with Crippen LogP contribution < -0.4 is 5.32 Å². The molecule has 9 heteroatoms. The second-order valence-electron chi connectivity index (χ2n) is 5.48. The number of carbonyl (C=O) groups is 2. The summed E-state index contributed by atoms with van der Waals surface area (Å²) in [5.74, 6) is -0.359. The zero-order valence-electron chi connectivity index (χ0n) is 13.7. The molecular formula is C17H14BrN3O2S3. The van der Waals surface area contributed by atoms with Gasteiger partial charge in [0.1, 0.15) is 4.32 Å². The number of nitrogens with one attached hydrogen (secondary N) is 1. The number of halogens is 1. The Bertz CT molecular complexity index is 910. The molecule has 0 spiro atoms. The molecule has 1 aliphatic rings. The Labute approximate surface area is 173 Å². The van der Waals surface area contributed by atoms with Crippen LogP contribution in [0.2, 0.25) is 0 Å². The minimum absolute atomic E-state index is 0.162. The maximum Gasteiger partial charge on any atom is 0.266 e. The molecule has 1 aromatic heterocycles. The van der Waals surface area contributed by atoms with E-state index >= 15 is 0 Å². The van der Waals surface area contributed by atoms with Crippen LogP contribution in [0.3, 0.4) is 0 Å². The number of benzene rings is 1. The molecule has 0 bridgehead atoms. The molecule has 0 saturated carbocycles. The third kappa shape index (κ3) is 4.79. The molecule has 0 radical (unpaired) electrons. The van der Waals surface area contributed by atoms with Crippen LogP contribution >= 0.6 is 51.2 Å². The SMILES string of the molecule is Cc1csc(NC(=O)CCN2C(=O)/C(=C/c3cccc(Br)c3)SC2=S)n1. The average Bonchev–Trinajstić information content (AvgIpc) is 3.09. The molecule has 1 aliphatic heterocycles. The summed E-state index contributed by atoms with van der Waals surface area (Å²) in [6.07, 6.45) is 1.97. The Hall–Kier alpha value is -1.55. The Morgan fingerprint density at radius 3 is 2.96 bits per heavy atom. The third-order valence-electron chi connectivity index (χ3n) is 3.45. The number of thiocarbonyl (C=S) groups is 1. The van der Waals surface area contributed by atoms with Crippen molar-refractivity contribution in [3.05, 3.63) is 50.3 Å². The van der Waals surface area contributed by atoms with Crippen LogP contribution in [0.4, 0.5) is 5.13 Å². The van der Waals surface area contributed by atoms with Gasteiger partial charge in [0.2, 0.25) is 5.91 Å². The molecule has 0 unspecified atom stereocenters. The minimum atomic E-state index is -0.190. The molecule has 3 rings (SSSR count). The number of hydrogen-bond acceptors (Lipinski definition) is 6. The van der Waals surface area contributed by atoms with Gasteiger partial charge < -0.3 is 5.32 Å². The zero-order valence-corrected chi connectivity index (χ0v) is 17.7. The fourth-order valence-corrected chi connectivity index (χ4v) is 4.68. The Morgan fingerprint density at radius 2 is 2.27 bits per heavy atom. The average molecular weight is 468 g/mol. The number of amides is 2. The van der Waals surface area contributed by atoms with E-state index in [4.69, 9.17) is 12.2 Å². The Kier molecular flexibility index (Phi) is 6.23. The molecule has 0 atom stereocenters. The van der Waals surface area contributed by atoms with E-state index in [1.54, 1.807) is 0 Å². The second-order valence-corrected chi connectivity index (χ2v) is 8.93. The van der Waals surface area contributed by atoms with Crippen molar-refractivity contribution >= 4 is 78.6 Å². The molecule has 1 saturated heterocycles. The lowest BCUT2D eigenvalue weighted by atomic mass is 10.2. The number of thioether (sulfide) groups is 1. The van der Waals surface area contributed by atoms with Gasteiger partial charge in [-0.15, -0.1) is 11.3 Å². The van der Waals surface area contributed by atoms with Gasteiger partial charge in [0.15, 0.2) is 5.13 Å². The number of carbonyl (C=O) groups excluding carboxylic acids is 2. The molecule has 26 heavy (non-hydrogen) atoms. The summed E-state index contributed by atoms with van der Waals surface area (Å²) in [4.78, 5) is 30.8. The molecule has 0 aliphatic carbocycles. The van der Waals surface area contributed by atoms with Gasteiger partial charge in [-0.2, -0.15) is 0 Å². The van der Waals surface area contributed by atoms with Crippen LogP contribution in [-0.4, -0.2) is 32.6 Å². The molecule has 1 fully saturated rings. The number of rotatable bonds is 5. The molecule has 1 aromatic carbocycles. The highest BCUT2D eigenvalue weighted by Crippen LogP contribution is 2.33. The van der Waals surface area contributed by atoms with E-state index in [1.807, 2.05) is 42.6 Å². The minimum Gasteiger partial charge on any atom is -0.302 e. The number of anilines is 1. The summed E-state index contributed by atoms with van der Waals surface area (Å²) in [5, 5.41) is 5.16. The van der Waals surface area contributed by atoms with Gasteiger partial charge in [-0.3, -0.25) is 14.5 Å². The summed E-state index contributed by atoms with van der Waals surface area (Å²) in [7, 11) is 0. The summed E-state index contributed by atoms with van der Waals surface area (Å²) >= 11 is 11.3. The van der Waals surface area contributed by atoms with Gasteiger partial charge in [-0.1, -0.05) is 52.0 Å². The first kappa shape index (κ1) is 19.2. The first-order valence-electron chi connectivity index (χ1n) is 7.65. The maximum absolute atomic E-state index is 12.6. The molecule has 5 nitrogen and oxygen atoms in total. The predicted octanol–water partition coefficient (Wildman–Crippen LogP) is 4.44. The standard InChI is InChI=1S/C17H14BrN3O2S3/c1-10-9-25-16(19-10)20-14(22)5-6-21-15(23)13(26-17(21)24)8-11-3-2-4-12(18)7-11/h2-4,7-9H,5-6H2,1H3,(H,19,20,22)/b13-8-. The molecule has 134 valence electrons. The fourth-order valence-electron chi connectivity index (χ4n) is 2.25. The highest BCUT2D eigenvalue weighted by Gasteiger charge is 2.32. The summed E-state index contributed by atoms with van der Waals surface area (Å²) in [6, 6.07) is 7.67. The van der Waals surface area contributed by atoms with E-state index in [9.17, 15) is 9.59 Å². The number of aryl methyl sites for hydroxylation is 1. The number of nitrogens with zero attached hydrogens (tertiary/aromatic N) is 2. The van der Waals surface area contributed by atoms with Crippen LogP contribution in [0.15, 0.2) is 39.0 Å². The molecule has 1 N–H and O–H groups in total. The van der Waals surface area contributed by atoms with Gasteiger partial charge in [0.25, 0.3) is 5.91 Å². The van der Waals surface area contributed by atoms with Crippen LogP contribution in [-0.2, 0) is 9.59 Å². The van der Waals surface area contributed by atoms with Crippen molar-refractivity contribution < 1.29 is 9.59 Å². The smallest absolute Gasteiger partial charge is 0.266 e. The Morgan fingerprint density at radius 1 is 1.46 bits per heavy atom. The monoisotopic (exact) mass is 467 g/mol. The predicted molar refractivity (Wildman–Crippen MR) is 114 cm³/mol. The third-order valence-corrected chi connectivity index (χ3v) is 6.19. The maximum atomic E-state index is 12.6. The van der Waals surface area contributed by atoms with Gasteiger partial charge in [0, 0.05) is 22.8 Å². The van der Waals surface area contributed by atoms with Crippen LogP contribution in [0, 0.1) is 6.92 Å². The van der Waals surface area contributed by atoms with Crippen molar-refractivity contribution in [2.45, 2.75) is 13.3 Å². The van der Waals surface area contributed by atoms with Crippen molar-refractivity contribution in [3.8, 4) is 0 Å². The van der Waals surface area contributed by atoms with Crippen molar-refractivity contribution in [2.75, 3.05) is 11.9 Å².